The van der Waals surface area contributed by atoms with E-state index in [2.05, 4.69) is 33.4 Å². The molecule has 4 heteroatoms. The highest BCUT2D eigenvalue weighted by atomic mass is 16.6. The number of ether oxygens (including phenoxy) is 1. The Morgan fingerprint density at radius 2 is 2.00 bits per heavy atom. The SMILES string of the molecule is C=C(CC)CCC1(O)OC2CC3C4CC=C5CC(O)CCC5(O)C4CCC3(C)C2C1C. The topological polar surface area (TPSA) is 69.9 Å². The predicted molar refractivity (Wildman–Crippen MR) is 121 cm³/mol. The highest BCUT2D eigenvalue weighted by molar-refractivity contribution is 5.28. The second kappa shape index (κ2) is 7.41. The van der Waals surface area contributed by atoms with Gasteiger partial charge in [0.15, 0.2) is 5.79 Å². The molecular formula is C27H42O4. The fourth-order valence-corrected chi connectivity index (χ4v) is 8.76. The van der Waals surface area contributed by atoms with Gasteiger partial charge >= 0.3 is 0 Å². The number of aliphatic hydroxyl groups excluding tert-OH is 1. The van der Waals surface area contributed by atoms with Gasteiger partial charge < -0.3 is 20.1 Å². The molecule has 31 heavy (non-hydrogen) atoms. The van der Waals surface area contributed by atoms with Crippen molar-refractivity contribution in [1.29, 1.82) is 0 Å². The smallest absolute Gasteiger partial charge is 0.169 e. The maximum absolute atomic E-state index is 11.7. The molecule has 0 amide bonds. The van der Waals surface area contributed by atoms with Crippen LogP contribution in [0.3, 0.4) is 0 Å². The minimum atomic E-state index is -1.03. The van der Waals surface area contributed by atoms with Gasteiger partial charge in [0.1, 0.15) is 0 Å². The molecule has 0 aromatic heterocycles. The summed E-state index contributed by atoms with van der Waals surface area (Å²) in [6.45, 7) is 10.9. The third-order valence-electron chi connectivity index (χ3n) is 10.6. The van der Waals surface area contributed by atoms with E-state index in [1.165, 1.54) is 5.57 Å². The van der Waals surface area contributed by atoms with Crippen LogP contribution in [-0.4, -0.2) is 38.9 Å². The standard InChI is InChI=1S/C27H42O4/c1-5-16(2)8-13-27(30)17(3)24-23(31-27)15-22-20-7-6-18-14-19(28)9-12-26(18,29)21(20)10-11-25(22,24)4/h6,17,19-24,28-30H,2,5,7-15H2,1,3-4H3. The molecule has 3 saturated carbocycles. The number of allylic oxidation sites excluding steroid dienone is 2. The minimum absolute atomic E-state index is 0.122. The van der Waals surface area contributed by atoms with E-state index in [4.69, 9.17) is 4.74 Å². The molecule has 4 fully saturated rings. The second-order valence-corrected chi connectivity index (χ2v) is 11.9. The van der Waals surface area contributed by atoms with Gasteiger partial charge in [0.05, 0.1) is 17.8 Å². The molecule has 1 saturated heterocycles. The van der Waals surface area contributed by atoms with Crippen LogP contribution in [0.2, 0.25) is 0 Å². The Labute approximate surface area is 187 Å². The summed E-state index contributed by atoms with van der Waals surface area (Å²) in [5.74, 6) is 0.793. The van der Waals surface area contributed by atoms with E-state index >= 15 is 0 Å². The van der Waals surface area contributed by atoms with E-state index in [1.54, 1.807) is 0 Å². The third kappa shape index (κ3) is 3.15. The van der Waals surface area contributed by atoms with Crippen molar-refractivity contribution >= 4 is 0 Å². The number of hydrogen-bond acceptors (Lipinski definition) is 4. The molecule has 0 aromatic carbocycles. The Balaban J connectivity index is 1.38. The van der Waals surface area contributed by atoms with Crippen LogP contribution in [0.15, 0.2) is 23.8 Å². The lowest BCUT2D eigenvalue weighted by molar-refractivity contribution is -0.219. The first-order valence-electron chi connectivity index (χ1n) is 12.8. The van der Waals surface area contributed by atoms with Gasteiger partial charge in [-0.15, -0.1) is 0 Å². The van der Waals surface area contributed by atoms with E-state index in [-0.39, 0.29) is 23.5 Å². The van der Waals surface area contributed by atoms with Gasteiger partial charge in [0.25, 0.3) is 0 Å². The maximum atomic E-state index is 11.7. The van der Waals surface area contributed by atoms with Crippen molar-refractivity contribution in [1.82, 2.24) is 0 Å². The second-order valence-electron chi connectivity index (χ2n) is 11.9. The molecule has 0 radical (unpaired) electrons. The Hall–Kier alpha value is -0.680. The van der Waals surface area contributed by atoms with Crippen LogP contribution in [0.5, 0.6) is 0 Å². The number of hydrogen-bond donors (Lipinski definition) is 3. The van der Waals surface area contributed by atoms with Gasteiger partial charge in [0, 0.05) is 12.3 Å². The van der Waals surface area contributed by atoms with Gasteiger partial charge in [-0.2, -0.15) is 0 Å². The van der Waals surface area contributed by atoms with Crippen LogP contribution in [0.4, 0.5) is 0 Å². The molecule has 5 rings (SSSR count). The summed E-state index contributed by atoms with van der Waals surface area (Å²) in [4.78, 5) is 0. The van der Waals surface area contributed by atoms with Gasteiger partial charge in [-0.25, -0.2) is 0 Å². The molecule has 10 atom stereocenters. The summed E-state index contributed by atoms with van der Waals surface area (Å²) in [7, 11) is 0. The highest BCUT2D eigenvalue weighted by Crippen LogP contribution is 2.68. The van der Waals surface area contributed by atoms with Crippen molar-refractivity contribution in [3.63, 3.8) is 0 Å². The zero-order chi connectivity index (χ0) is 22.2. The largest absolute Gasteiger partial charge is 0.393 e. The van der Waals surface area contributed by atoms with Gasteiger partial charge in [-0.1, -0.05) is 39.0 Å². The molecule has 0 aromatic rings. The summed E-state index contributed by atoms with van der Waals surface area (Å²) in [5.41, 5.74) is 1.73. The van der Waals surface area contributed by atoms with E-state index in [0.29, 0.717) is 49.4 Å². The first-order valence-corrected chi connectivity index (χ1v) is 12.8. The summed E-state index contributed by atoms with van der Waals surface area (Å²) < 4.78 is 6.47. The van der Waals surface area contributed by atoms with Gasteiger partial charge in [-0.05, 0) is 92.4 Å². The first-order chi connectivity index (χ1) is 14.6. The zero-order valence-electron chi connectivity index (χ0n) is 19.6. The number of fused-ring (bicyclic) bond motifs is 7. The Kier molecular flexibility index (Phi) is 5.29. The van der Waals surface area contributed by atoms with E-state index < -0.39 is 11.4 Å². The average Bonchev–Trinajstić information content (AvgIpc) is 3.17. The maximum Gasteiger partial charge on any atom is 0.169 e. The molecule has 4 aliphatic carbocycles. The summed E-state index contributed by atoms with van der Waals surface area (Å²) in [5, 5.41) is 33.3. The van der Waals surface area contributed by atoms with Crippen LogP contribution < -0.4 is 0 Å². The van der Waals surface area contributed by atoms with Crippen LogP contribution >= 0.6 is 0 Å². The van der Waals surface area contributed by atoms with Crippen LogP contribution in [-0.2, 0) is 4.74 Å². The Bertz CT molecular complexity index is 775. The monoisotopic (exact) mass is 430 g/mol. The van der Waals surface area contributed by atoms with Gasteiger partial charge in [0.2, 0.25) is 0 Å². The van der Waals surface area contributed by atoms with Crippen molar-refractivity contribution in [3.05, 3.63) is 23.8 Å². The molecular weight excluding hydrogens is 388 g/mol. The highest BCUT2D eigenvalue weighted by Gasteiger charge is 2.68. The third-order valence-corrected chi connectivity index (χ3v) is 10.6. The van der Waals surface area contributed by atoms with Crippen molar-refractivity contribution < 1.29 is 20.1 Å². The summed E-state index contributed by atoms with van der Waals surface area (Å²) >= 11 is 0. The van der Waals surface area contributed by atoms with Crippen molar-refractivity contribution in [3.8, 4) is 0 Å². The summed E-state index contributed by atoms with van der Waals surface area (Å²) in [6.07, 6.45) is 10.7. The number of rotatable bonds is 4. The van der Waals surface area contributed by atoms with Crippen molar-refractivity contribution in [2.45, 2.75) is 109 Å². The van der Waals surface area contributed by atoms with Crippen LogP contribution in [0, 0.1) is 35.0 Å². The number of aliphatic hydroxyl groups is 3. The Morgan fingerprint density at radius 1 is 1.23 bits per heavy atom. The lowest BCUT2D eigenvalue weighted by Gasteiger charge is -2.57. The lowest BCUT2D eigenvalue weighted by Crippen LogP contribution is -2.55. The molecule has 4 nitrogen and oxygen atoms in total. The quantitative estimate of drug-likeness (QED) is 0.564. The van der Waals surface area contributed by atoms with Crippen LogP contribution in [0.1, 0.15) is 85.0 Å². The molecule has 3 N–H and O–H groups in total. The molecule has 5 aliphatic rings. The predicted octanol–water partition coefficient (Wildman–Crippen LogP) is 4.73. The van der Waals surface area contributed by atoms with E-state index in [9.17, 15) is 15.3 Å². The molecule has 0 spiro atoms. The fourth-order valence-electron chi connectivity index (χ4n) is 8.76. The average molecular weight is 431 g/mol. The van der Waals surface area contributed by atoms with Crippen LogP contribution in [0.25, 0.3) is 0 Å². The Morgan fingerprint density at radius 3 is 2.74 bits per heavy atom. The van der Waals surface area contributed by atoms with Gasteiger partial charge in [-0.3, -0.25) is 0 Å². The summed E-state index contributed by atoms with van der Waals surface area (Å²) in [6, 6.07) is 0. The molecule has 1 heterocycles. The molecule has 10 unspecified atom stereocenters. The minimum Gasteiger partial charge on any atom is -0.393 e. The van der Waals surface area contributed by atoms with E-state index in [0.717, 1.165) is 44.1 Å². The molecule has 1 aliphatic heterocycles. The molecule has 174 valence electrons. The molecule has 0 bridgehead atoms. The van der Waals surface area contributed by atoms with E-state index in [1.807, 2.05) is 0 Å². The van der Waals surface area contributed by atoms with Crippen molar-refractivity contribution in [2.75, 3.05) is 0 Å². The lowest BCUT2D eigenvalue weighted by atomic mass is 9.49. The normalized spacial score (nSPS) is 53.2. The first kappa shape index (κ1) is 22.1. The van der Waals surface area contributed by atoms with Crippen molar-refractivity contribution in [2.24, 2.45) is 35.0 Å². The zero-order valence-corrected chi connectivity index (χ0v) is 19.6. The fraction of sp³-hybridized carbons (Fsp3) is 0.852.